The number of carbonyl (C=O) groups is 1. The molecule has 0 saturated carbocycles. The van der Waals surface area contributed by atoms with E-state index in [-0.39, 0.29) is 16.5 Å². The Kier molecular flexibility index (Phi) is 7.21. The van der Waals surface area contributed by atoms with Crippen LogP contribution in [0.3, 0.4) is 0 Å². The van der Waals surface area contributed by atoms with Gasteiger partial charge >= 0.3 is 42.6 Å². The largest absolute Gasteiger partial charge is 0.450 e. The molecule has 35 heavy (non-hydrogen) atoms. The van der Waals surface area contributed by atoms with Gasteiger partial charge in [-0.1, -0.05) is 19.1 Å². The average Bonchev–Trinajstić information content (AvgIpc) is 2.72. The number of carbonyl (C=O) groups excluding carboxylic acids is 1. The molecule has 196 valence electrons. The van der Waals surface area contributed by atoms with E-state index in [1.807, 2.05) is 0 Å². The molecule has 2 aromatic carbocycles. The van der Waals surface area contributed by atoms with Gasteiger partial charge in [-0.2, -0.15) is 43.2 Å². The normalized spacial score (nSPS) is 14.1. The van der Waals surface area contributed by atoms with Crippen molar-refractivity contribution in [3.8, 4) is 11.5 Å². The zero-order valence-corrected chi connectivity index (χ0v) is 19.7. The Labute approximate surface area is 195 Å². The molecule has 0 aliphatic carbocycles. The van der Waals surface area contributed by atoms with Crippen LogP contribution in [0.2, 0.25) is 0 Å². The van der Waals surface area contributed by atoms with Crippen molar-refractivity contribution in [3.05, 3.63) is 36.4 Å². The summed E-state index contributed by atoms with van der Waals surface area (Å²) in [5.41, 5.74) is -0.805. The molecule has 0 aliphatic heterocycles. The Hall–Kier alpha value is -2.59. The van der Waals surface area contributed by atoms with Crippen molar-refractivity contribution >= 4 is 37.0 Å². The van der Waals surface area contributed by atoms with Gasteiger partial charge in [0.05, 0.1) is 5.41 Å². The molecule has 0 atom stereocenters. The number of ether oxygens (including phenoxy) is 1. The van der Waals surface area contributed by atoms with Crippen LogP contribution in [0.5, 0.6) is 11.5 Å². The fourth-order valence-electron chi connectivity index (χ4n) is 2.37. The second-order valence-corrected chi connectivity index (χ2v) is 11.0. The Morgan fingerprint density at radius 1 is 0.857 bits per heavy atom. The lowest BCUT2D eigenvalue weighted by Gasteiger charge is -2.29. The van der Waals surface area contributed by atoms with Gasteiger partial charge < -0.3 is 8.92 Å². The van der Waals surface area contributed by atoms with E-state index in [9.17, 15) is 48.0 Å². The Bertz CT molecular complexity index is 1350. The monoisotopic (exact) mass is 552 g/mol. The van der Waals surface area contributed by atoms with E-state index in [0.717, 1.165) is 12.1 Å². The Balaban J connectivity index is 2.38. The molecule has 2 rings (SSSR count). The molecule has 0 saturated heterocycles. The summed E-state index contributed by atoms with van der Waals surface area (Å²) in [5.74, 6) is -8.62. The Morgan fingerprint density at radius 2 is 1.31 bits per heavy atom. The molecule has 0 aromatic heterocycles. The zero-order valence-electron chi connectivity index (χ0n) is 18.1. The third-order valence-electron chi connectivity index (χ3n) is 5.01. The standard InChI is InChI=1S/C19H18F6O8S2/c1-4-16(2,3)15(26)32-13-7-5-12-10-14(8-6-11(12)9-13)33-35(30,31)19(24,25)17(20,21)18(22,23)34(27,28)29/h5-10H,4H2,1-3H3,(H,27,28,29). The predicted molar refractivity (Wildman–Crippen MR) is 110 cm³/mol. The first kappa shape index (κ1) is 28.6. The molecule has 0 aliphatic rings. The van der Waals surface area contributed by atoms with Crippen molar-refractivity contribution in [1.82, 2.24) is 0 Å². The zero-order chi connectivity index (χ0) is 27.3. The van der Waals surface area contributed by atoms with Gasteiger partial charge in [-0.3, -0.25) is 9.35 Å². The second-order valence-electron chi connectivity index (χ2n) is 7.92. The number of fused-ring (bicyclic) bond motifs is 1. The minimum absolute atomic E-state index is 0.0731. The summed E-state index contributed by atoms with van der Waals surface area (Å²) < 4.78 is 143. The van der Waals surface area contributed by atoms with Gasteiger partial charge in [0.15, 0.2) is 0 Å². The van der Waals surface area contributed by atoms with E-state index in [1.165, 1.54) is 18.2 Å². The lowest BCUT2D eigenvalue weighted by molar-refractivity contribution is -0.247. The van der Waals surface area contributed by atoms with Gasteiger partial charge in [0.25, 0.3) is 0 Å². The van der Waals surface area contributed by atoms with Crippen LogP contribution in [0, 0.1) is 5.41 Å². The molecule has 0 unspecified atom stereocenters. The number of halogens is 6. The molecular formula is C19H18F6O8S2. The number of hydrogen-bond acceptors (Lipinski definition) is 7. The highest BCUT2D eigenvalue weighted by Gasteiger charge is 2.83. The topological polar surface area (TPSA) is 124 Å². The molecule has 0 amide bonds. The average molecular weight is 552 g/mol. The van der Waals surface area contributed by atoms with Crippen molar-refractivity contribution in [1.29, 1.82) is 0 Å². The van der Waals surface area contributed by atoms with Gasteiger partial charge in [-0.15, -0.1) is 0 Å². The van der Waals surface area contributed by atoms with Crippen LogP contribution in [0.15, 0.2) is 36.4 Å². The van der Waals surface area contributed by atoms with Gasteiger partial charge in [-0.05, 0) is 55.3 Å². The van der Waals surface area contributed by atoms with Crippen LogP contribution in [-0.2, 0) is 25.0 Å². The van der Waals surface area contributed by atoms with E-state index < -0.39 is 53.8 Å². The molecule has 0 fully saturated rings. The number of hydrogen-bond donors (Lipinski definition) is 1. The maximum Gasteiger partial charge on any atom is 0.450 e. The summed E-state index contributed by atoms with van der Waals surface area (Å²) in [4.78, 5) is 12.2. The van der Waals surface area contributed by atoms with Gasteiger partial charge in [0.2, 0.25) is 0 Å². The molecular weight excluding hydrogens is 534 g/mol. The SMILES string of the molecule is CCC(C)(C)C(=O)Oc1ccc2cc(OS(=O)(=O)C(F)(F)C(F)(F)C(F)(F)S(=O)(=O)O)ccc2c1. The van der Waals surface area contributed by atoms with Gasteiger partial charge in [-0.25, -0.2) is 0 Å². The third kappa shape index (κ3) is 5.04. The highest BCUT2D eigenvalue weighted by atomic mass is 32.2. The van der Waals surface area contributed by atoms with Crippen molar-refractivity contribution in [3.63, 3.8) is 0 Å². The summed E-state index contributed by atoms with van der Waals surface area (Å²) in [5, 5.41) is -13.3. The molecule has 0 spiro atoms. The van der Waals surface area contributed by atoms with Crippen molar-refractivity contribution in [2.75, 3.05) is 0 Å². The minimum Gasteiger partial charge on any atom is -0.426 e. The molecule has 0 radical (unpaired) electrons. The van der Waals surface area contributed by atoms with E-state index in [4.69, 9.17) is 9.29 Å². The first-order chi connectivity index (χ1) is 15.6. The van der Waals surface area contributed by atoms with Crippen LogP contribution in [0.25, 0.3) is 10.8 Å². The summed E-state index contributed by atoms with van der Waals surface area (Å²) >= 11 is 0. The maximum absolute atomic E-state index is 13.9. The fraction of sp³-hybridized carbons (Fsp3) is 0.421. The van der Waals surface area contributed by atoms with Crippen molar-refractivity contribution in [2.24, 2.45) is 5.41 Å². The minimum atomic E-state index is -7.15. The summed E-state index contributed by atoms with van der Waals surface area (Å²) in [6.45, 7) is 5.05. The number of esters is 1. The van der Waals surface area contributed by atoms with E-state index >= 15 is 0 Å². The molecule has 0 heterocycles. The predicted octanol–water partition coefficient (Wildman–Crippen LogP) is 4.60. The van der Waals surface area contributed by atoms with Crippen LogP contribution in [0.1, 0.15) is 27.2 Å². The van der Waals surface area contributed by atoms with Crippen LogP contribution < -0.4 is 8.92 Å². The second kappa shape index (κ2) is 8.81. The molecule has 2 aromatic rings. The maximum atomic E-state index is 13.9. The third-order valence-corrected chi connectivity index (χ3v) is 7.21. The lowest BCUT2D eigenvalue weighted by atomic mass is 9.91. The first-order valence-corrected chi connectivity index (χ1v) is 12.3. The van der Waals surface area contributed by atoms with Gasteiger partial charge in [0.1, 0.15) is 11.5 Å². The fourth-order valence-corrected chi connectivity index (χ4v) is 3.79. The van der Waals surface area contributed by atoms with Crippen LogP contribution >= 0.6 is 0 Å². The molecule has 1 N–H and O–H groups in total. The van der Waals surface area contributed by atoms with Crippen molar-refractivity contribution in [2.45, 2.75) is 43.6 Å². The van der Waals surface area contributed by atoms with Crippen molar-refractivity contribution < 1.29 is 61.4 Å². The van der Waals surface area contributed by atoms with E-state index in [1.54, 1.807) is 20.8 Å². The smallest absolute Gasteiger partial charge is 0.426 e. The summed E-state index contributed by atoms with van der Waals surface area (Å²) in [6.07, 6.45) is 0.467. The summed E-state index contributed by atoms with van der Waals surface area (Å²) in [7, 11) is -14.1. The van der Waals surface area contributed by atoms with E-state index in [2.05, 4.69) is 4.18 Å². The number of benzene rings is 2. The van der Waals surface area contributed by atoms with E-state index in [0.29, 0.717) is 12.5 Å². The number of alkyl halides is 6. The Morgan fingerprint density at radius 3 is 1.77 bits per heavy atom. The molecule has 8 nitrogen and oxygen atoms in total. The first-order valence-electron chi connectivity index (χ1n) is 9.41. The molecule has 16 heteroatoms. The highest BCUT2D eigenvalue weighted by Crippen LogP contribution is 2.51. The van der Waals surface area contributed by atoms with Crippen LogP contribution in [0.4, 0.5) is 26.3 Å². The highest BCUT2D eigenvalue weighted by molar-refractivity contribution is 7.88. The summed E-state index contributed by atoms with van der Waals surface area (Å²) in [6, 6.07) is 6.33. The molecule has 0 bridgehead atoms. The quantitative estimate of drug-likeness (QED) is 0.157. The lowest BCUT2D eigenvalue weighted by Crippen LogP contribution is -2.61. The van der Waals surface area contributed by atoms with Crippen LogP contribution in [-0.4, -0.2) is 43.8 Å². The van der Waals surface area contributed by atoms with Gasteiger partial charge in [0, 0.05) is 0 Å². The number of rotatable bonds is 9.